The topological polar surface area (TPSA) is 51.2 Å². The number of carbonyl (C=O) groups excluding carboxylic acids is 1. The summed E-state index contributed by atoms with van der Waals surface area (Å²) >= 11 is 1.69. The lowest BCUT2D eigenvalue weighted by Gasteiger charge is -2.09. The number of aromatic nitrogens is 1. The molecule has 0 unspecified atom stereocenters. The zero-order chi connectivity index (χ0) is 20.8. The monoisotopic (exact) mass is 416 g/mol. The van der Waals surface area contributed by atoms with Gasteiger partial charge in [-0.05, 0) is 42.3 Å². The second-order valence-corrected chi connectivity index (χ2v) is 8.13. The standard InChI is InChI=1S/C25H24N2O2S/c1-2-3-15-29-21-8-6-7-20(16-21)24(28)26-17-18-11-13-19(14-12-18)25-27-22-9-4-5-10-23(22)30-25/h4-14,16H,2-3,15,17H2,1H3,(H,26,28). The molecule has 1 amide bonds. The fourth-order valence-corrected chi connectivity index (χ4v) is 4.08. The second kappa shape index (κ2) is 9.55. The van der Waals surface area contributed by atoms with E-state index in [1.807, 2.05) is 42.5 Å². The molecule has 3 aromatic carbocycles. The fraction of sp³-hybridized carbons (Fsp3) is 0.200. The number of ether oxygens (including phenoxy) is 1. The van der Waals surface area contributed by atoms with Gasteiger partial charge in [0, 0.05) is 17.7 Å². The summed E-state index contributed by atoms with van der Waals surface area (Å²) in [6.45, 7) is 3.27. The number of para-hydroxylation sites is 1. The highest BCUT2D eigenvalue weighted by atomic mass is 32.1. The van der Waals surface area contributed by atoms with Crippen molar-refractivity contribution in [2.45, 2.75) is 26.3 Å². The van der Waals surface area contributed by atoms with E-state index in [1.165, 1.54) is 4.70 Å². The normalized spacial score (nSPS) is 10.8. The van der Waals surface area contributed by atoms with Crippen LogP contribution in [0, 0.1) is 0 Å². The number of thiazole rings is 1. The van der Waals surface area contributed by atoms with E-state index in [4.69, 9.17) is 9.72 Å². The highest BCUT2D eigenvalue weighted by molar-refractivity contribution is 7.21. The lowest BCUT2D eigenvalue weighted by molar-refractivity contribution is 0.0950. The number of unbranched alkanes of at least 4 members (excludes halogenated alkanes) is 1. The summed E-state index contributed by atoms with van der Waals surface area (Å²) in [4.78, 5) is 17.2. The van der Waals surface area contributed by atoms with Crippen molar-refractivity contribution in [1.29, 1.82) is 0 Å². The van der Waals surface area contributed by atoms with Gasteiger partial charge in [0.15, 0.2) is 0 Å². The van der Waals surface area contributed by atoms with E-state index in [1.54, 1.807) is 23.5 Å². The molecule has 152 valence electrons. The number of amides is 1. The number of nitrogens with zero attached hydrogens (tertiary/aromatic N) is 1. The number of carbonyl (C=O) groups is 1. The minimum Gasteiger partial charge on any atom is -0.494 e. The number of nitrogens with one attached hydrogen (secondary N) is 1. The minimum absolute atomic E-state index is 0.105. The summed E-state index contributed by atoms with van der Waals surface area (Å²) < 4.78 is 6.88. The van der Waals surface area contributed by atoms with E-state index < -0.39 is 0 Å². The van der Waals surface area contributed by atoms with Crippen LogP contribution in [0.1, 0.15) is 35.7 Å². The maximum atomic E-state index is 12.5. The molecule has 0 fully saturated rings. The van der Waals surface area contributed by atoms with Crippen molar-refractivity contribution in [3.05, 3.63) is 83.9 Å². The summed E-state index contributed by atoms with van der Waals surface area (Å²) in [5, 5.41) is 3.99. The average molecular weight is 417 g/mol. The van der Waals surface area contributed by atoms with Gasteiger partial charge in [-0.15, -0.1) is 11.3 Å². The van der Waals surface area contributed by atoms with Gasteiger partial charge in [-0.2, -0.15) is 0 Å². The van der Waals surface area contributed by atoms with Crippen molar-refractivity contribution in [3.8, 4) is 16.3 Å². The first-order valence-electron chi connectivity index (χ1n) is 10.2. The van der Waals surface area contributed by atoms with Crippen LogP contribution in [0.5, 0.6) is 5.75 Å². The molecule has 0 radical (unpaired) electrons. The molecule has 0 bridgehead atoms. The molecule has 0 atom stereocenters. The Morgan fingerprint density at radius 1 is 1.03 bits per heavy atom. The Labute approximate surface area is 180 Å². The van der Waals surface area contributed by atoms with Crippen molar-refractivity contribution in [3.63, 3.8) is 0 Å². The predicted octanol–water partition coefficient (Wildman–Crippen LogP) is 6.07. The van der Waals surface area contributed by atoms with Gasteiger partial charge in [0.05, 0.1) is 16.8 Å². The third-order valence-electron chi connectivity index (χ3n) is 4.81. The molecule has 0 saturated heterocycles. The van der Waals surface area contributed by atoms with E-state index in [0.29, 0.717) is 18.7 Å². The van der Waals surface area contributed by atoms with Crippen LogP contribution >= 0.6 is 11.3 Å². The molecule has 0 aliphatic carbocycles. The first kappa shape index (κ1) is 20.1. The van der Waals surface area contributed by atoms with Gasteiger partial charge in [0.2, 0.25) is 0 Å². The highest BCUT2D eigenvalue weighted by Crippen LogP contribution is 2.30. The molecule has 4 rings (SSSR count). The Bertz CT molecular complexity index is 1100. The van der Waals surface area contributed by atoms with Crippen LogP contribution in [0.15, 0.2) is 72.8 Å². The fourth-order valence-electron chi connectivity index (χ4n) is 3.11. The molecule has 5 heteroatoms. The zero-order valence-corrected chi connectivity index (χ0v) is 17.7. The Morgan fingerprint density at radius 2 is 1.87 bits per heavy atom. The van der Waals surface area contributed by atoms with Crippen LogP contribution in [-0.2, 0) is 6.54 Å². The number of hydrogen-bond acceptors (Lipinski definition) is 4. The Hall–Kier alpha value is -3.18. The molecule has 4 aromatic rings. The lowest BCUT2D eigenvalue weighted by atomic mass is 10.1. The molecule has 1 aromatic heterocycles. The molecule has 0 saturated carbocycles. The second-order valence-electron chi connectivity index (χ2n) is 7.10. The number of benzene rings is 3. The van der Waals surface area contributed by atoms with Gasteiger partial charge >= 0.3 is 0 Å². The maximum absolute atomic E-state index is 12.5. The van der Waals surface area contributed by atoms with E-state index in [2.05, 4.69) is 30.4 Å². The summed E-state index contributed by atoms with van der Waals surface area (Å²) in [6.07, 6.45) is 2.08. The summed E-state index contributed by atoms with van der Waals surface area (Å²) in [7, 11) is 0. The predicted molar refractivity (Wildman–Crippen MR) is 123 cm³/mol. The lowest BCUT2D eigenvalue weighted by Crippen LogP contribution is -2.22. The first-order chi connectivity index (χ1) is 14.7. The molecular weight excluding hydrogens is 392 g/mol. The SMILES string of the molecule is CCCCOc1cccc(C(=O)NCc2ccc(-c3nc4ccccc4s3)cc2)c1. The minimum atomic E-state index is -0.105. The number of hydrogen-bond donors (Lipinski definition) is 1. The van der Waals surface area contributed by atoms with Gasteiger partial charge in [0.1, 0.15) is 10.8 Å². The van der Waals surface area contributed by atoms with Crippen LogP contribution in [0.4, 0.5) is 0 Å². The van der Waals surface area contributed by atoms with E-state index in [0.717, 1.165) is 40.2 Å². The van der Waals surface area contributed by atoms with Crippen LogP contribution < -0.4 is 10.1 Å². The van der Waals surface area contributed by atoms with Crippen molar-refractivity contribution in [1.82, 2.24) is 10.3 Å². The third-order valence-corrected chi connectivity index (χ3v) is 5.90. The maximum Gasteiger partial charge on any atom is 0.251 e. The van der Waals surface area contributed by atoms with Gasteiger partial charge in [-0.3, -0.25) is 4.79 Å². The molecule has 30 heavy (non-hydrogen) atoms. The van der Waals surface area contributed by atoms with Crippen LogP contribution in [0.25, 0.3) is 20.8 Å². The summed E-state index contributed by atoms with van der Waals surface area (Å²) in [6, 6.07) is 23.7. The van der Waals surface area contributed by atoms with Crippen LogP contribution in [0.2, 0.25) is 0 Å². The first-order valence-corrected chi connectivity index (χ1v) is 11.0. The van der Waals surface area contributed by atoms with Crippen molar-refractivity contribution in [2.24, 2.45) is 0 Å². The van der Waals surface area contributed by atoms with Crippen LogP contribution in [0.3, 0.4) is 0 Å². The molecule has 4 nitrogen and oxygen atoms in total. The molecule has 0 aliphatic heterocycles. The third kappa shape index (κ3) is 4.86. The van der Waals surface area contributed by atoms with Gasteiger partial charge in [0.25, 0.3) is 5.91 Å². The van der Waals surface area contributed by atoms with Crippen LogP contribution in [-0.4, -0.2) is 17.5 Å². The highest BCUT2D eigenvalue weighted by Gasteiger charge is 2.08. The van der Waals surface area contributed by atoms with Gasteiger partial charge < -0.3 is 10.1 Å². The average Bonchev–Trinajstić information content (AvgIpc) is 3.22. The molecule has 0 spiro atoms. The summed E-state index contributed by atoms with van der Waals surface area (Å²) in [5.74, 6) is 0.627. The summed E-state index contributed by atoms with van der Waals surface area (Å²) in [5.41, 5.74) is 3.76. The molecular formula is C25H24N2O2S. The Morgan fingerprint density at radius 3 is 2.67 bits per heavy atom. The van der Waals surface area contributed by atoms with E-state index in [9.17, 15) is 4.79 Å². The largest absolute Gasteiger partial charge is 0.494 e. The Kier molecular flexibility index (Phi) is 6.40. The Balaban J connectivity index is 1.37. The number of fused-ring (bicyclic) bond motifs is 1. The number of rotatable bonds is 8. The van der Waals surface area contributed by atoms with Gasteiger partial charge in [-0.1, -0.05) is 55.8 Å². The quantitative estimate of drug-likeness (QED) is 0.355. The van der Waals surface area contributed by atoms with E-state index in [-0.39, 0.29) is 5.91 Å². The van der Waals surface area contributed by atoms with Gasteiger partial charge in [-0.25, -0.2) is 4.98 Å². The van der Waals surface area contributed by atoms with Crippen molar-refractivity contribution in [2.75, 3.05) is 6.61 Å². The molecule has 0 aliphatic rings. The zero-order valence-electron chi connectivity index (χ0n) is 16.9. The molecule has 1 heterocycles. The van der Waals surface area contributed by atoms with Crippen molar-refractivity contribution < 1.29 is 9.53 Å². The van der Waals surface area contributed by atoms with E-state index >= 15 is 0 Å². The molecule has 1 N–H and O–H groups in total. The van der Waals surface area contributed by atoms with Crippen molar-refractivity contribution >= 4 is 27.5 Å². The smallest absolute Gasteiger partial charge is 0.251 e.